The zero-order valence-electron chi connectivity index (χ0n) is 15.7. The standard InChI is InChI=1S/C20H32N2OS/c1-5-7-12-20(6-2,22-15-13-21(3)14-16-22)19(23)17-8-10-18(24-4)11-9-17/h8-11H,5-7,12-16H2,1-4H3. The summed E-state index contributed by atoms with van der Waals surface area (Å²) in [5.41, 5.74) is 0.530. The summed E-state index contributed by atoms with van der Waals surface area (Å²) in [6.07, 6.45) is 6.16. The first-order valence-corrected chi connectivity index (χ1v) is 10.4. The summed E-state index contributed by atoms with van der Waals surface area (Å²) >= 11 is 1.72. The summed E-state index contributed by atoms with van der Waals surface area (Å²) in [7, 11) is 2.17. The number of nitrogens with zero attached hydrogens (tertiary/aromatic N) is 2. The average Bonchev–Trinajstić information content (AvgIpc) is 2.63. The Bertz CT molecular complexity index is 523. The number of hydrogen-bond donors (Lipinski definition) is 0. The molecule has 1 aromatic rings. The molecule has 1 aliphatic heterocycles. The highest BCUT2D eigenvalue weighted by Crippen LogP contribution is 2.32. The number of ketones is 1. The third-order valence-corrected chi connectivity index (χ3v) is 6.16. The molecule has 0 bridgehead atoms. The molecule has 1 aromatic carbocycles. The van der Waals surface area contributed by atoms with Crippen molar-refractivity contribution < 1.29 is 4.79 Å². The van der Waals surface area contributed by atoms with Crippen molar-refractivity contribution in [2.75, 3.05) is 39.5 Å². The molecule has 1 heterocycles. The molecule has 0 aromatic heterocycles. The topological polar surface area (TPSA) is 23.6 Å². The summed E-state index contributed by atoms with van der Waals surface area (Å²) < 4.78 is 0. The molecule has 1 atom stereocenters. The van der Waals surface area contributed by atoms with Crippen LogP contribution in [0.1, 0.15) is 49.9 Å². The van der Waals surface area contributed by atoms with Crippen LogP contribution in [0.5, 0.6) is 0 Å². The molecule has 0 amide bonds. The first kappa shape index (κ1) is 19.5. The largest absolute Gasteiger partial charge is 0.304 e. The molecular weight excluding hydrogens is 316 g/mol. The van der Waals surface area contributed by atoms with Crippen LogP contribution in [0, 0.1) is 0 Å². The van der Waals surface area contributed by atoms with Gasteiger partial charge in [-0.15, -0.1) is 11.8 Å². The molecule has 1 saturated heterocycles. The van der Waals surface area contributed by atoms with E-state index in [1.54, 1.807) is 11.8 Å². The summed E-state index contributed by atoms with van der Waals surface area (Å²) in [6, 6.07) is 8.17. The Kier molecular flexibility index (Phi) is 7.33. The first-order valence-electron chi connectivity index (χ1n) is 9.19. The maximum Gasteiger partial charge on any atom is 0.183 e. The zero-order valence-corrected chi connectivity index (χ0v) is 16.5. The second kappa shape index (κ2) is 9.02. The van der Waals surface area contributed by atoms with Crippen LogP contribution in [0.25, 0.3) is 0 Å². The summed E-state index contributed by atoms with van der Waals surface area (Å²) in [4.78, 5) is 19.6. The number of hydrogen-bond acceptors (Lipinski definition) is 4. The van der Waals surface area contributed by atoms with Crippen LogP contribution in [-0.2, 0) is 0 Å². The Balaban J connectivity index is 2.30. The quantitative estimate of drug-likeness (QED) is 0.519. The Morgan fingerprint density at radius 1 is 1.12 bits per heavy atom. The van der Waals surface area contributed by atoms with Crippen molar-refractivity contribution in [3.63, 3.8) is 0 Å². The molecule has 1 fully saturated rings. The van der Waals surface area contributed by atoms with Gasteiger partial charge in [-0.3, -0.25) is 9.69 Å². The molecule has 134 valence electrons. The van der Waals surface area contributed by atoms with Gasteiger partial charge in [-0.05, 0) is 38.3 Å². The van der Waals surface area contributed by atoms with Gasteiger partial charge in [0.25, 0.3) is 0 Å². The van der Waals surface area contributed by atoms with Crippen molar-refractivity contribution in [2.45, 2.75) is 50.0 Å². The Hall–Kier alpha value is -0.840. The lowest BCUT2D eigenvalue weighted by Gasteiger charge is -2.46. The summed E-state index contributed by atoms with van der Waals surface area (Å²) in [6.45, 7) is 8.47. The van der Waals surface area contributed by atoms with Gasteiger partial charge in [0, 0.05) is 36.6 Å². The van der Waals surface area contributed by atoms with Gasteiger partial charge >= 0.3 is 0 Å². The van der Waals surface area contributed by atoms with E-state index in [0.717, 1.165) is 57.4 Å². The Labute approximate surface area is 151 Å². The highest BCUT2D eigenvalue weighted by Gasteiger charge is 2.42. The molecule has 0 spiro atoms. The molecule has 0 N–H and O–H groups in total. The predicted molar refractivity (Wildman–Crippen MR) is 104 cm³/mol. The smallest absolute Gasteiger partial charge is 0.183 e. The van der Waals surface area contributed by atoms with Crippen LogP contribution in [0.4, 0.5) is 0 Å². The molecular formula is C20H32N2OS. The van der Waals surface area contributed by atoms with Crippen molar-refractivity contribution in [1.29, 1.82) is 0 Å². The lowest BCUT2D eigenvalue weighted by Crippen LogP contribution is -2.60. The van der Waals surface area contributed by atoms with Crippen LogP contribution in [0.2, 0.25) is 0 Å². The third-order valence-electron chi connectivity index (χ3n) is 5.41. The van der Waals surface area contributed by atoms with Gasteiger partial charge in [0.15, 0.2) is 5.78 Å². The van der Waals surface area contributed by atoms with Crippen LogP contribution in [0.3, 0.4) is 0 Å². The fourth-order valence-electron chi connectivity index (χ4n) is 3.69. The Morgan fingerprint density at radius 3 is 2.25 bits per heavy atom. The van der Waals surface area contributed by atoms with Gasteiger partial charge in [-0.2, -0.15) is 0 Å². The second-order valence-corrected chi connectivity index (χ2v) is 7.72. The number of carbonyl (C=O) groups excluding carboxylic acids is 1. The maximum atomic E-state index is 13.5. The van der Waals surface area contributed by atoms with E-state index in [1.807, 2.05) is 12.1 Å². The van der Waals surface area contributed by atoms with Crippen LogP contribution >= 0.6 is 11.8 Å². The summed E-state index contributed by atoms with van der Waals surface area (Å²) in [5, 5.41) is 0. The van der Waals surface area contributed by atoms with Crippen molar-refractivity contribution in [2.24, 2.45) is 0 Å². The minimum absolute atomic E-state index is 0.315. The molecule has 0 saturated carbocycles. The van der Waals surface area contributed by atoms with Crippen molar-refractivity contribution >= 4 is 17.5 Å². The molecule has 1 unspecified atom stereocenters. The van der Waals surface area contributed by atoms with Crippen LogP contribution < -0.4 is 0 Å². The second-order valence-electron chi connectivity index (χ2n) is 6.84. The molecule has 3 nitrogen and oxygen atoms in total. The van der Waals surface area contributed by atoms with Crippen molar-refractivity contribution in [3.05, 3.63) is 29.8 Å². The first-order chi connectivity index (χ1) is 11.6. The average molecular weight is 349 g/mol. The molecule has 0 radical (unpaired) electrons. The summed E-state index contributed by atoms with van der Waals surface area (Å²) in [5.74, 6) is 0.315. The predicted octanol–water partition coefficient (Wildman–Crippen LogP) is 4.18. The van der Waals surface area contributed by atoms with Gasteiger partial charge in [-0.25, -0.2) is 0 Å². The molecule has 2 rings (SSSR count). The molecule has 1 aliphatic rings. The minimum Gasteiger partial charge on any atom is -0.304 e. The van der Waals surface area contributed by atoms with E-state index < -0.39 is 0 Å². The van der Waals surface area contributed by atoms with E-state index in [2.05, 4.69) is 49.1 Å². The van der Waals surface area contributed by atoms with Crippen LogP contribution in [-0.4, -0.2) is 60.6 Å². The highest BCUT2D eigenvalue weighted by atomic mass is 32.2. The molecule has 4 heteroatoms. The lowest BCUT2D eigenvalue weighted by atomic mass is 9.80. The van der Waals surface area contributed by atoms with Gasteiger partial charge in [0.05, 0.1) is 5.54 Å². The normalized spacial score (nSPS) is 19.2. The zero-order chi connectivity index (χ0) is 17.6. The fraction of sp³-hybridized carbons (Fsp3) is 0.650. The monoisotopic (exact) mass is 348 g/mol. The van der Waals surface area contributed by atoms with E-state index >= 15 is 0 Å². The fourth-order valence-corrected chi connectivity index (χ4v) is 4.10. The molecule has 0 aliphatic carbocycles. The number of carbonyl (C=O) groups is 1. The van der Waals surface area contributed by atoms with E-state index in [1.165, 1.54) is 4.90 Å². The number of Topliss-reactive ketones (excluding diaryl/α,β-unsaturated/α-hetero) is 1. The van der Waals surface area contributed by atoms with E-state index in [9.17, 15) is 4.79 Å². The lowest BCUT2D eigenvalue weighted by molar-refractivity contribution is 0.0264. The minimum atomic E-state index is -0.335. The number of thioether (sulfide) groups is 1. The number of unbranched alkanes of at least 4 members (excludes halogenated alkanes) is 1. The van der Waals surface area contributed by atoms with Crippen molar-refractivity contribution in [1.82, 2.24) is 9.80 Å². The highest BCUT2D eigenvalue weighted by molar-refractivity contribution is 7.98. The van der Waals surface area contributed by atoms with Gasteiger partial charge in [-0.1, -0.05) is 38.8 Å². The SMILES string of the molecule is CCCCC(CC)(C(=O)c1ccc(SC)cc1)N1CCN(C)CC1. The number of likely N-dealkylation sites (N-methyl/N-ethyl adjacent to an activating group) is 1. The van der Waals surface area contributed by atoms with E-state index in [0.29, 0.717) is 5.78 Å². The van der Waals surface area contributed by atoms with Gasteiger partial charge in [0.2, 0.25) is 0 Å². The number of piperazine rings is 1. The number of rotatable bonds is 8. The Morgan fingerprint density at radius 2 is 1.75 bits per heavy atom. The van der Waals surface area contributed by atoms with E-state index in [4.69, 9.17) is 0 Å². The van der Waals surface area contributed by atoms with Crippen molar-refractivity contribution in [3.8, 4) is 0 Å². The maximum absolute atomic E-state index is 13.5. The van der Waals surface area contributed by atoms with Crippen LogP contribution in [0.15, 0.2) is 29.2 Å². The third kappa shape index (κ3) is 4.22. The van der Waals surface area contributed by atoms with E-state index in [-0.39, 0.29) is 5.54 Å². The van der Waals surface area contributed by atoms with Gasteiger partial charge in [0.1, 0.15) is 0 Å². The van der Waals surface area contributed by atoms with Gasteiger partial charge < -0.3 is 4.90 Å². The molecule has 24 heavy (non-hydrogen) atoms. The number of benzene rings is 1.